The summed E-state index contributed by atoms with van der Waals surface area (Å²) in [6.07, 6.45) is 2.74. The van der Waals surface area contributed by atoms with E-state index in [9.17, 15) is 8.42 Å². The number of halogens is 2. The molecule has 1 aromatic carbocycles. The third kappa shape index (κ3) is 3.65. The molecule has 1 aliphatic heterocycles. The first-order valence-electron chi connectivity index (χ1n) is 6.60. The van der Waals surface area contributed by atoms with E-state index >= 15 is 0 Å². The van der Waals surface area contributed by atoms with Crippen LogP contribution in [0, 0.1) is 5.92 Å². The van der Waals surface area contributed by atoms with Crippen LogP contribution < -0.4 is 5.73 Å². The van der Waals surface area contributed by atoms with Gasteiger partial charge < -0.3 is 5.73 Å². The smallest absolute Gasteiger partial charge is 0.243 e. The fraction of sp³-hybridized carbons (Fsp3) is 0.538. The molecule has 1 fully saturated rings. The zero-order chi connectivity index (χ0) is 14.8. The van der Waals surface area contributed by atoms with Gasteiger partial charge in [-0.15, -0.1) is 0 Å². The third-order valence-corrected chi connectivity index (χ3v) is 5.81. The van der Waals surface area contributed by atoms with Gasteiger partial charge in [0.1, 0.15) is 0 Å². The molecule has 2 rings (SSSR count). The second-order valence-corrected chi connectivity index (χ2v) is 7.86. The van der Waals surface area contributed by atoms with Gasteiger partial charge in [0.2, 0.25) is 10.0 Å². The second kappa shape index (κ2) is 6.62. The Morgan fingerprint density at radius 1 is 1.25 bits per heavy atom. The quantitative estimate of drug-likeness (QED) is 0.919. The van der Waals surface area contributed by atoms with Crippen molar-refractivity contribution in [1.82, 2.24) is 4.31 Å². The molecular weight excluding hydrogens is 319 g/mol. The predicted octanol–water partition coefficient (Wildman–Crippen LogP) is 2.74. The zero-order valence-corrected chi connectivity index (χ0v) is 13.4. The highest BCUT2D eigenvalue weighted by Gasteiger charge is 2.30. The Bertz CT molecular complexity index is 555. The summed E-state index contributed by atoms with van der Waals surface area (Å²) in [5, 5.41) is 0.651. The van der Waals surface area contributed by atoms with Crippen LogP contribution in [0.1, 0.15) is 19.3 Å². The fourth-order valence-corrected chi connectivity index (χ4v) is 4.82. The fourth-order valence-electron chi connectivity index (χ4n) is 2.54. The molecule has 0 amide bonds. The van der Waals surface area contributed by atoms with Crippen molar-refractivity contribution in [2.75, 3.05) is 19.6 Å². The lowest BCUT2D eigenvalue weighted by molar-refractivity contribution is 0.258. The van der Waals surface area contributed by atoms with Crippen molar-refractivity contribution in [3.63, 3.8) is 0 Å². The molecule has 1 aromatic rings. The van der Waals surface area contributed by atoms with E-state index < -0.39 is 10.0 Å². The SMILES string of the molecule is NCCC1CCCN(S(=O)(=O)c2cc(Cl)cc(Cl)c2)C1. The Morgan fingerprint density at radius 3 is 2.50 bits per heavy atom. The summed E-state index contributed by atoms with van der Waals surface area (Å²) >= 11 is 11.8. The Morgan fingerprint density at radius 2 is 1.90 bits per heavy atom. The van der Waals surface area contributed by atoms with Crippen molar-refractivity contribution in [3.05, 3.63) is 28.2 Å². The lowest BCUT2D eigenvalue weighted by Gasteiger charge is -2.31. The van der Waals surface area contributed by atoms with Gasteiger partial charge >= 0.3 is 0 Å². The molecule has 0 aromatic heterocycles. The standard InChI is InChI=1S/C13H18Cl2N2O2S/c14-11-6-12(15)8-13(7-11)20(18,19)17-5-1-2-10(9-17)3-4-16/h6-8,10H,1-5,9,16H2. The molecule has 1 saturated heterocycles. The predicted molar refractivity (Wildman–Crippen MR) is 81.6 cm³/mol. The molecule has 0 radical (unpaired) electrons. The number of nitrogens with two attached hydrogens (primary N) is 1. The number of nitrogens with zero attached hydrogens (tertiary/aromatic N) is 1. The lowest BCUT2D eigenvalue weighted by atomic mass is 9.96. The summed E-state index contributed by atoms with van der Waals surface area (Å²) in [4.78, 5) is 0.156. The maximum absolute atomic E-state index is 12.6. The molecule has 7 heteroatoms. The number of piperidine rings is 1. The number of sulfonamides is 1. The minimum absolute atomic E-state index is 0.156. The Hall–Kier alpha value is -0.330. The van der Waals surface area contributed by atoms with Gasteiger partial charge in [-0.05, 0) is 49.9 Å². The van der Waals surface area contributed by atoms with Crippen LogP contribution in [-0.2, 0) is 10.0 Å². The van der Waals surface area contributed by atoms with Crippen molar-refractivity contribution in [2.24, 2.45) is 11.7 Å². The monoisotopic (exact) mass is 336 g/mol. The van der Waals surface area contributed by atoms with Crippen molar-refractivity contribution < 1.29 is 8.42 Å². The first kappa shape index (κ1) is 16.0. The van der Waals surface area contributed by atoms with Crippen LogP contribution in [0.25, 0.3) is 0 Å². The topological polar surface area (TPSA) is 63.4 Å². The summed E-state index contributed by atoms with van der Waals surface area (Å²) in [5.74, 6) is 0.332. The van der Waals surface area contributed by atoms with E-state index in [1.54, 1.807) is 0 Å². The van der Waals surface area contributed by atoms with Crippen LogP contribution in [0.15, 0.2) is 23.1 Å². The average molecular weight is 337 g/mol. The van der Waals surface area contributed by atoms with Gasteiger partial charge in [0, 0.05) is 23.1 Å². The van der Waals surface area contributed by atoms with Gasteiger partial charge in [-0.1, -0.05) is 23.2 Å². The van der Waals surface area contributed by atoms with Gasteiger partial charge in [-0.25, -0.2) is 8.42 Å². The number of benzene rings is 1. The molecule has 1 heterocycles. The molecule has 1 aliphatic rings. The van der Waals surface area contributed by atoms with Crippen molar-refractivity contribution in [1.29, 1.82) is 0 Å². The lowest BCUT2D eigenvalue weighted by Crippen LogP contribution is -2.40. The van der Waals surface area contributed by atoms with E-state index in [2.05, 4.69) is 0 Å². The Labute approximate surface area is 129 Å². The number of hydrogen-bond acceptors (Lipinski definition) is 3. The zero-order valence-electron chi connectivity index (χ0n) is 11.1. The summed E-state index contributed by atoms with van der Waals surface area (Å²) < 4.78 is 26.8. The number of hydrogen-bond donors (Lipinski definition) is 1. The van der Waals surface area contributed by atoms with E-state index in [4.69, 9.17) is 28.9 Å². The maximum atomic E-state index is 12.6. The maximum Gasteiger partial charge on any atom is 0.243 e. The van der Waals surface area contributed by atoms with E-state index in [1.807, 2.05) is 0 Å². The highest BCUT2D eigenvalue weighted by molar-refractivity contribution is 7.89. The summed E-state index contributed by atoms with van der Waals surface area (Å²) in [6.45, 7) is 1.64. The van der Waals surface area contributed by atoms with Gasteiger partial charge in [-0.3, -0.25) is 0 Å². The normalized spacial score (nSPS) is 21.1. The van der Waals surface area contributed by atoms with Gasteiger partial charge in [0.15, 0.2) is 0 Å². The molecule has 2 N–H and O–H groups in total. The largest absolute Gasteiger partial charge is 0.330 e. The van der Waals surface area contributed by atoms with E-state index in [0.717, 1.165) is 19.3 Å². The van der Waals surface area contributed by atoms with Crippen LogP contribution in [0.4, 0.5) is 0 Å². The highest BCUT2D eigenvalue weighted by atomic mass is 35.5. The highest BCUT2D eigenvalue weighted by Crippen LogP contribution is 2.28. The summed E-state index contributed by atoms with van der Waals surface area (Å²) in [6, 6.07) is 4.40. The van der Waals surface area contributed by atoms with E-state index in [1.165, 1.54) is 22.5 Å². The first-order valence-corrected chi connectivity index (χ1v) is 8.79. The van der Waals surface area contributed by atoms with Crippen LogP contribution >= 0.6 is 23.2 Å². The van der Waals surface area contributed by atoms with Crippen LogP contribution in [0.2, 0.25) is 10.0 Å². The molecule has 0 bridgehead atoms. The number of rotatable bonds is 4. The average Bonchev–Trinajstić information content (AvgIpc) is 2.38. The molecular formula is C13H18Cl2N2O2S. The molecule has 0 spiro atoms. The molecule has 1 unspecified atom stereocenters. The summed E-state index contributed by atoms with van der Waals surface area (Å²) in [7, 11) is -3.53. The second-order valence-electron chi connectivity index (χ2n) is 5.05. The minimum Gasteiger partial charge on any atom is -0.330 e. The first-order chi connectivity index (χ1) is 9.43. The van der Waals surface area contributed by atoms with Crippen molar-refractivity contribution in [3.8, 4) is 0 Å². The molecule has 4 nitrogen and oxygen atoms in total. The molecule has 112 valence electrons. The molecule has 20 heavy (non-hydrogen) atoms. The van der Waals surface area contributed by atoms with Crippen LogP contribution in [-0.4, -0.2) is 32.4 Å². The Balaban J connectivity index is 2.25. The minimum atomic E-state index is -3.53. The van der Waals surface area contributed by atoms with Gasteiger partial charge in [0.05, 0.1) is 4.90 Å². The van der Waals surface area contributed by atoms with Gasteiger partial charge in [0.25, 0.3) is 0 Å². The van der Waals surface area contributed by atoms with Crippen LogP contribution in [0.3, 0.4) is 0 Å². The van der Waals surface area contributed by atoms with Crippen LogP contribution in [0.5, 0.6) is 0 Å². The van der Waals surface area contributed by atoms with E-state index in [0.29, 0.717) is 35.6 Å². The van der Waals surface area contributed by atoms with Gasteiger partial charge in [-0.2, -0.15) is 4.31 Å². The third-order valence-electron chi connectivity index (χ3n) is 3.53. The summed E-state index contributed by atoms with van der Waals surface area (Å²) in [5.41, 5.74) is 5.56. The van der Waals surface area contributed by atoms with E-state index in [-0.39, 0.29) is 4.90 Å². The molecule has 0 aliphatic carbocycles. The molecule has 0 saturated carbocycles. The van der Waals surface area contributed by atoms with Crippen molar-refractivity contribution >= 4 is 33.2 Å². The van der Waals surface area contributed by atoms with Crippen molar-refractivity contribution in [2.45, 2.75) is 24.2 Å². The Kier molecular flexibility index (Phi) is 5.31. The molecule has 1 atom stereocenters.